The summed E-state index contributed by atoms with van der Waals surface area (Å²) in [6.45, 7) is 1.45. The van der Waals surface area contributed by atoms with Gasteiger partial charge in [0.1, 0.15) is 5.82 Å². The number of nitrogens with one attached hydrogen (secondary N) is 1. The maximum absolute atomic E-state index is 10.8. The van der Waals surface area contributed by atoms with Gasteiger partial charge in [-0.2, -0.15) is 0 Å². The van der Waals surface area contributed by atoms with E-state index in [0.29, 0.717) is 25.6 Å². The third-order valence-electron chi connectivity index (χ3n) is 3.79. The number of aromatic nitrogens is 2. The van der Waals surface area contributed by atoms with Gasteiger partial charge in [-0.15, -0.1) is 0 Å². The summed E-state index contributed by atoms with van der Waals surface area (Å²) in [6, 6.07) is 1.76. The maximum atomic E-state index is 10.8. The zero-order valence-electron chi connectivity index (χ0n) is 11.9. The predicted molar refractivity (Wildman–Crippen MR) is 74.6 cm³/mol. The van der Waals surface area contributed by atoms with Gasteiger partial charge in [0.15, 0.2) is 0 Å². The summed E-state index contributed by atoms with van der Waals surface area (Å²) in [5.41, 5.74) is -0.411. The molecule has 3 N–H and O–H groups in total. The summed E-state index contributed by atoms with van der Waals surface area (Å²) < 4.78 is 5.40. The quantitative estimate of drug-likeness (QED) is 0.658. The molecule has 1 saturated heterocycles. The number of hydrogen-bond donors (Lipinski definition) is 3. The molecule has 1 fully saturated rings. The van der Waals surface area contributed by atoms with Crippen LogP contribution >= 0.6 is 0 Å². The molecule has 1 aliphatic heterocycles. The van der Waals surface area contributed by atoms with Gasteiger partial charge in [0.05, 0.1) is 12.0 Å². The van der Waals surface area contributed by atoms with Crippen molar-refractivity contribution >= 4 is 5.97 Å². The second-order valence-corrected chi connectivity index (χ2v) is 5.29. The standard InChI is InChI=1S/C14H21N3O4/c18-10-11(8-12(19)20)9-17-14(2-6-21-7-3-14)13-15-4-1-5-16-13/h1,4-5,11,17-18H,2-3,6-10H2,(H,19,20). The van der Waals surface area contributed by atoms with E-state index in [9.17, 15) is 9.90 Å². The van der Waals surface area contributed by atoms with E-state index in [4.69, 9.17) is 9.84 Å². The first-order valence-electron chi connectivity index (χ1n) is 7.09. The summed E-state index contributed by atoms with van der Waals surface area (Å²) in [7, 11) is 0. The summed E-state index contributed by atoms with van der Waals surface area (Å²) in [4.78, 5) is 19.4. The number of nitrogens with zero attached hydrogens (tertiary/aromatic N) is 2. The molecule has 2 heterocycles. The van der Waals surface area contributed by atoms with Gasteiger partial charge in [-0.3, -0.25) is 4.79 Å². The molecule has 1 aromatic heterocycles. The molecule has 7 nitrogen and oxygen atoms in total. The number of ether oxygens (including phenoxy) is 1. The Labute approximate surface area is 123 Å². The Kier molecular flexibility index (Phi) is 5.60. The number of aliphatic hydroxyl groups is 1. The molecule has 0 amide bonds. The average molecular weight is 295 g/mol. The van der Waals surface area contributed by atoms with Crippen LogP contribution in [0.1, 0.15) is 25.1 Å². The van der Waals surface area contributed by atoms with Crippen molar-refractivity contribution in [3.8, 4) is 0 Å². The van der Waals surface area contributed by atoms with Crippen LogP contribution in [0, 0.1) is 5.92 Å². The van der Waals surface area contributed by atoms with Crippen LogP contribution < -0.4 is 5.32 Å². The molecule has 1 aliphatic rings. The highest BCUT2D eigenvalue weighted by molar-refractivity contribution is 5.67. The number of aliphatic carboxylic acids is 1. The summed E-state index contributed by atoms with van der Waals surface area (Å²) in [5.74, 6) is -0.543. The first-order chi connectivity index (χ1) is 10.2. The molecule has 2 rings (SSSR count). The number of carbonyl (C=O) groups is 1. The highest BCUT2D eigenvalue weighted by atomic mass is 16.5. The van der Waals surface area contributed by atoms with Crippen LogP contribution in [0.3, 0.4) is 0 Å². The van der Waals surface area contributed by atoms with E-state index in [0.717, 1.165) is 12.8 Å². The van der Waals surface area contributed by atoms with Crippen molar-refractivity contribution in [2.45, 2.75) is 24.8 Å². The van der Waals surface area contributed by atoms with Gasteiger partial charge in [-0.05, 0) is 18.9 Å². The SMILES string of the molecule is O=C(O)CC(CO)CNC1(c2ncccn2)CCOCC1. The fourth-order valence-corrected chi connectivity index (χ4v) is 2.53. The first-order valence-corrected chi connectivity index (χ1v) is 7.09. The molecule has 0 saturated carbocycles. The number of carboxylic acids is 1. The van der Waals surface area contributed by atoms with Crippen molar-refractivity contribution in [1.82, 2.24) is 15.3 Å². The van der Waals surface area contributed by atoms with Gasteiger partial charge in [0, 0.05) is 44.7 Å². The Balaban J connectivity index is 2.08. The fraction of sp³-hybridized carbons (Fsp3) is 0.643. The minimum atomic E-state index is -0.909. The second-order valence-electron chi connectivity index (χ2n) is 5.29. The Morgan fingerprint density at radius 2 is 2.05 bits per heavy atom. The van der Waals surface area contributed by atoms with Crippen molar-refractivity contribution in [1.29, 1.82) is 0 Å². The van der Waals surface area contributed by atoms with Crippen LogP contribution in [-0.2, 0) is 15.1 Å². The molecule has 0 radical (unpaired) electrons. The van der Waals surface area contributed by atoms with Gasteiger partial charge in [0.2, 0.25) is 0 Å². The molecular formula is C14H21N3O4. The van der Waals surface area contributed by atoms with Crippen LogP contribution in [0.5, 0.6) is 0 Å². The normalized spacial score (nSPS) is 19.1. The summed E-state index contributed by atoms with van der Waals surface area (Å²) >= 11 is 0. The smallest absolute Gasteiger partial charge is 0.303 e. The van der Waals surface area contributed by atoms with E-state index in [1.165, 1.54) is 0 Å². The maximum Gasteiger partial charge on any atom is 0.303 e. The Morgan fingerprint density at radius 1 is 1.38 bits per heavy atom. The lowest BCUT2D eigenvalue weighted by atomic mass is 9.88. The van der Waals surface area contributed by atoms with Crippen molar-refractivity contribution in [2.24, 2.45) is 5.92 Å². The van der Waals surface area contributed by atoms with E-state index in [1.807, 2.05) is 0 Å². The van der Waals surface area contributed by atoms with Gasteiger partial charge in [0.25, 0.3) is 0 Å². The zero-order chi connectivity index (χ0) is 15.1. The van der Waals surface area contributed by atoms with Crippen molar-refractivity contribution in [3.63, 3.8) is 0 Å². The lowest BCUT2D eigenvalue weighted by molar-refractivity contribution is -0.138. The molecule has 1 unspecified atom stereocenters. The van der Waals surface area contributed by atoms with Gasteiger partial charge in [-0.25, -0.2) is 9.97 Å². The second kappa shape index (κ2) is 7.44. The molecule has 7 heteroatoms. The summed E-state index contributed by atoms with van der Waals surface area (Å²) in [5, 5.41) is 21.5. The first kappa shape index (κ1) is 15.8. The number of aliphatic hydroxyl groups excluding tert-OH is 1. The third-order valence-corrected chi connectivity index (χ3v) is 3.79. The predicted octanol–water partition coefficient (Wildman–Crippen LogP) is 0.155. The monoisotopic (exact) mass is 295 g/mol. The van der Waals surface area contributed by atoms with Crippen molar-refractivity contribution in [3.05, 3.63) is 24.3 Å². The van der Waals surface area contributed by atoms with Crippen LogP contribution in [-0.4, -0.2) is 52.5 Å². The van der Waals surface area contributed by atoms with Gasteiger partial charge >= 0.3 is 5.97 Å². The molecule has 0 bridgehead atoms. The Bertz CT molecular complexity index is 449. The number of carboxylic acid groups (broad SMARTS) is 1. The molecule has 1 aromatic rings. The number of rotatable bonds is 7. The average Bonchev–Trinajstić information content (AvgIpc) is 2.53. The lowest BCUT2D eigenvalue weighted by Crippen LogP contribution is -2.50. The van der Waals surface area contributed by atoms with Gasteiger partial charge in [-0.1, -0.05) is 0 Å². The van der Waals surface area contributed by atoms with E-state index in [1.54, 1.807) is 18.5 Å². The van der Waals surface area contributed by atoms with Crippen LogP contribution in [0.25, 0.3) is 0 Å². The largest absolute Gasteiger partial charge is 0.481 e. The van der Waals surface area contributed by atoms with E-state index in [2.05, 4.69) is 15.3 Å². The van der Waals surface area contributed by atoms with E-state index >= 15 is 0 Å². The molecular weight excluding hydrogens is 274 g/mol. The van der Waals surface area contributed by atoms with Crippen LogP contribution in [0.15, 0.2) is 18.5 Å². The molecule has 0 aromatic carbocycles. The van der Waals surface area contributed by atoms with Crippen molar-refractivity contribution in [2.75, 3.05) is 26.4 Å². The van der Waals surface area contributed by atoms with Gasteiger partial charge < -0.3 is 20.3 Å². The number of hydrogen-bond acceptors (Lipinski definition) is 6. The highest BCUT2D eigenvalue weighted by Gasteiger charge is 2.37. The third kappa shape index (κ3) is 4.20. The Hall–Kier alpha value is -1.57. The van der Waals surface area contributed by atoms with E-state index in [-0.39, 0.29) is 18.9 Å². The van der Waals surface area contributed by atoms with Crippen LogP contribution in [0.2, 0.25) is 0 Å². The topological polar surface area (TPSA) is 105 Å². The lowest BCUT2D eigenvalue weighted by Gasteiger charge is -2.37. The van der Waals surface area contributed by atoms with Crippen LogP contribution in [0.4, 0.5) is 0 Å². The summed E-state index contributed by atoms with van der Waals surface area (Å²) in [6.07, 6.45) is 4.78. The Morgan fingerprint density at radius 3 is 2.62 bits per heavy atom. The minimum absolute atomic E-state index is 0.0638. The molecule has 116 valence electrons. The zero-order valence-corrected chi connectivity index (χ0v) is 11.9. The van der Waals surface area contributed by atoms with Crippen molar-refractivity contribution < 1.29 is 19.7 Å². The molecule has 0 aliphatic carbocycles. The molecule has 21 heavy (non-hydrogen) atoms. The molecule has 1 atom stereocenters. The fourth-order valence-electron chi connectivity index (χ4n) is 2.53. The molecule has 0 spiro atoms. The highest BCUT2D eigenvalue weighted by Crippen LogP contribution is 2.29. The van der Waals surface area contributed by atoms with E-state index < -0.39 is 11.5 Å². The minimum Gasteiger partial charge on any atom is -0.481 e.